The Labute approximate surface area is 190 Å². The number of rotatable bonds is 10. The van der Waals surface area contributed by atoms with Crippen LogP contribution in [-0.4, -0.2) is 62.7 Å². The molecule has 0 saturated heterocycles. The molecule has 32 heavy (non-hydrogen) atoms. The van der Waals surface area contributed by atoms with Crippen LogP contribution < -0.4 is 10.6 Å². The van der Waals surface area contributed by atoms with Crippen molar-refractivity contribution in [2.24, 2.45) is 0 Å². The number of amides is 2. The zero-order valence-electron chi connectivity index (χ0n) is 19.3. The van der Waals surface area contributed by atoms with Gasteiger partial charge in [0.05, 0.1) is 18.0 Å². The Hall–Kier alpha value is -2.91. The number of nitrogens with one attached hydrogen (secondary N) is 2. The second kappa shape index (κ2) is 11.1. The van der Waals surface area contributed by atoms with Crippen molar-refractivity contribution in [1.82, 2.24) is 9.21 Å². The molecule has 174 valence electrons. The largest absolute Gasteiger partial charge is 0.376 e. The van der Waals surface area contributed by atoms with Crippen molar-refractivity contribution in [3.8, 4) is 0 Å². The second-order valence-electron chi connectivity index (χ2n) is 7.59. The Morgan fingerprint density at radius 1 is 0.938 bits per heavy atom. The van der Waals surface area contributed by atoms with Crippen LogP contribution in [0.5, 0.6) is 0 Å². The molecule has 2 rings (SSSR count). The number of benzene rings is 2. The summed E-state index contributed by atoms with van der Waals surface area (Å²) in [5.41, 5.74) is 2.91. The quantitative estimate of drug-likeness (QED) is 0.568. The topological polar surface area (TPSA) is 98.8 Å². The molecule has 0 aliphatic heterocycles. The van der Waals surface area contributed by atoms with Gasteiger partial charge < -0.3 is 15.5 Å². The lowest BCUT2D eigenvalue weighted by molar-refractivity contribution is -0.131. The van der Waals surface area contributed by atoms with Gasteiger partial charge in [-0.3, -0.25) is 9.59 Å². The Kier molecular flexibility index (Phi) is 8.80. The number of aryl methyl sites for hydroxylation is 2. The highest BCUT2D eigenvalue weighted by molar-refractivity contribution is 7.89. The summed E-state index contributed by atoms with van der Waals surface area (Å²) in [6, 6.07) is 12.4. The smallest absolute Gasteiger partial charge is 0.243 e. The zero-order chi connectivity index (χ0) is 23.9. The molecular formula is C23H32N4O4S. The van der Waals surface area contributed by atoms with Gasteiger partial charge in [-0.1, -0.05) is 37.6 Å². The molecule has 0 saturated carbocycles. The maximum absolute atomic E-state index is 12.9. The molecule has 2 amide bonds. The summed E-state index contributed by atoms with van der Waals surface area (Å²) in [7, 11) is -2.07. The first-order valence-electron chi connectivity index (χ1n) is 10.5. The maximum atomic E-state index is 12.9. The van der Waals surface area contributed by atoms with Crippen molar-refractivity contribution < 1.29 is 18.0 Å². The van der Waals surface area contributed by atoms with Crippen LogP contribution in [0.4, 0.5) is 11.4 Å². The molecule has 2 N–H and O–H groups in total. The predicted molar refractivity (Wildman–Crippen MR) is 127 cm³/mol. The van der Waals surface area contributed by atoms with Gasteiger partial charge in [-0.2, -0.15) is 4.31 Å². The lowest BCUT2D eigenvalue weighted by Gasteiger charge is -2.21. The Morgan fingerprint density at radius 2 is 1.53 bits per heavy atom. The second-order valence-corrected chi connectivity index (χ2v) is 9.49. The average Bonchev–Trinajstić information content (AvgIpc) is 2.75. The van der Waals surface area contributed by atoms with Crippen molar-refractivity contribution in [2.75, 3.05) is 43.9 Å². The van der Waals surface area contributed by atoms with Gasteiger partial charge >= 0.3 is 0 Å². The van der Waals surface area contributed by atoms with Crippen LogP contribution in [0, 0.1) is 13.8 Å². The number of likely N-dealkylation sites (N-methyl/N-ethyl adjacent to an activating group) is 1. The number of carbonyl (C=O) groups excluding carboxylic acids is 2. The summed E-state index contributed by atoms with van der Waals surface area (Å²) in [4.78, 5) is 26.2. The molecule has 0 atom stereocenters. The third-order valence-electron chi connectivity index (χ3n) is 5.10. The first-order valence-corrected chi connectivity index (χ1v) is 12.0. The Morgan fingerprint density at radius 3 is 2.12 bits per heavy atom. The van der Waals surface area contributed by atoms with E-state index in [0.29, 0.717) is 30.0 Å². The molecule has 0 aliphatic rings. The zero-order valence-corrected chi connectivity index (χ0v) is 20.1. The molecule has 0 heterocycles. The third-order valence-corrected chi connectivity index (χ3v) is 7.29. The van der Waals surface area contributed by atoms with Gasteiger partial charge in [-0.05, 0) is 43.7 Å². The van der Waals surface area contributed by atoms with Crippen LogP contribution in [0.2, 0.25) is 0 Å². The molecule has 9 heteroatoms. The van der Waals surface area contributed by atoms with E-state index in [1.165, 1.54) is 9.21 Å². The molecule has 0 radical (unpaired) electrons. The SMILES string of the molecule is CCN(CC)S(=O)(=O)c1cc(NCC(=O)N(C)CC(=O)Nc2ccc(C)cc2)ccc1C. The van der Waals surface area contributed by atoms with Gasteiger partial charge in [0.2, 0.25) is 21.8 Å². The summed E-state index contributed by atoms with van der Waals surface area (Å²) in [5, 5.41) is 5.72. The van der Waals surface area contributed by atoms with E-state index >= 15 is 0 Å². The summed E-state index contributed by atoms with van der Waals surface area (Å²) >= 11 is 0. The minimum atomic E-state index is -3.61. The lowest BCUT2D eigenvalue weighted by atomic mass is 10.2. The summed E-state index contributed by atoms with van der Waals surface area (Å²) < 4.78 is 27.2. The predicted octanol–water partition coefficient (Wildman–Crippen LogP) is 2.84. The normalized spacial score (nSPS) is 11.3. The highest BCUT2D eigenvalue weighted by Gasteiger charge is 2.24. The van der Waals surface area contributed by atoms with Crippen LogP contribution >= 0.6 is 0 Å². The minimum absolute atomic E-state index is 0.0673. The number of carbonyl (C=O) groups is 2. The number of hydrogen-bond acceptors (Lipinski definition) is 5. The van der Waals surface area contributed by atoms with Crippen LogP contribution in [0.25, 0.3) is 0 Å². The van der Waals surface area contributed by atoms with Gasteiger partial charge in [-0.25, -0.2) is 8.42 Å². The molecule has 0 aliphatic carbocycles. The van der Waals surface area contributed by atoms with Crippen LogP contribution in [0.1, 0.15) is 25.0 Å². The maximum Gasteiger partial charge on any atom is 0.243 e. The van der Waals surface area contributed by atoms with Crippen molar-refractivity contribution >= 4 is 33.2 Å². The van der Waals surface area contributed by atoms with E-state index in [0.717, 1.165) is 5.56 Å². The Balaban J connectivity index is 1.98. The minimum Gasteiger partial charge on any atom is -0.376 e. The molecule has 8 nitrogen and oxygen atoms in total. The van der Waals surface area contributed by atoms with Gasteiger partial charge in [0, 0.05) is 31.5 Å². The number of hydrogen-bond donors (Lipinski definition) is 2. The number of sulfonamides is 1. The van der Waals surface area contributed by atoms with Crippen LogP contribution in [0.3, 0.4) is 0 Å². The van der Waals surface area contributed by atoms with Gasteiger partial charge in [0.25, 0.3) is 0 Å². The average molecular weight is 461 g/mol. The van der Waals surface area contributed by atoms with E-state index in [-0.39, 0.29) is 29.8 Å². The first-order chi connectivity index (χ1) is 15.1. The van der Waals surface area contributed by atoms with E-state index in [2.05, 4.69) is 10.6 Å². The van der Waals surface area contributed by atoms with Crippen LogP contribution in [-0.2, 0) is 19.6 Å². The molecule has 0 bridgehead atoms. The summed E-state index contributed by atoms with van der Waals surface area (Å²) in [6.45, 7) is 7.89. The standard InChI is InChI=1S/C23H32N4O4S/c1-6-27(7-2)32(30,31)21-14-20(13-10-18(21)4)24-15-23(29)26(5)16-22(28)25-19-11-8-17(3)9-12-19/h8-14,24H,6-7,15-16H2,1-5H3,(H,25,28). The van der Waals surface area contributed by atoms with E-state index < -0.39 is 10.0 Å². The summed E-state index contributed by atoms with van der Waals surface area (Å²) in [5.74, 6) is -0.592. The third kappa shape index (κ3) is 6.54. The van der Waals surface area contributed by atoms with E-state index in [1.807, 2.05) is 19.1 Å². The van der Waals surface area contributed by atoms with Crippen molar-refractivity contribution in [1.29, 1.82) is 0 Å². The molecular weight excluding hydrogens is 428 g/mol. The fourth-order valence-electron chi connectivity index (χ4n) is 3.14. The van der Waals surface area contributed by atoms with Gasteiger partial charge in [-0.15, -0.1) is 0 Å². The fourth-order valence-corrected chi connectivity index (χ4v) is 4.85. The molecule has 2 aromatic rings. The summed E-state index contributed by atoms with van der Waals surface area (Å²) in [6.07, 6.45) is 0. The fraction of sp³-hybridized carbons (Fsp3) is 0.391. The molecule has 2 aromatic carbocycles. The Bertz CT molecular complexity index is 1050. The molecule has 0 aromatic heterocycles. The lowest BCUT2D eigenvalue weighted by Crippen LogP contribution is -2.38. The monoisotopic (exact) mass is 460 g/mol. The van der Waals surface area contributed by atoms with Crippen molar-refractivity contribution in [3.05, 3.63) is 53.6 Å². The molecule has 0 fully saturated rings. The van der Waals surface area contributed by atoms with Crippen LogP contribution in [0.15, 0.2) is 47.4 Å². The highest BCUT2D eigenvalue weighted by Crippen LogP contribution is 2.23. The number of anilines is 2. The highest BCUT2D eigenvalue weighted by atomic mass is 32.2. The van der Waals surface area contributed by atoms with Gasteiger partial charge in [0.1, 0.15) is 0 Å². The van der Waals surface area contributed by atoms with E-state index in [1.54, 1.807) is 58.2 Å². The molecule has 0 unspecified atom stereocenters. The van der Waals surface area contributed by atoms with E-state index in [4.69, 9.17) is 0 Å². The van der Waals surface area contributed by atoms with Crippen molar-refractivity contribution in [2.45, 2.75) is 32.6 Å². The first kappa shape index (κ1) is 25.4. The number of nitrogens with zero attached hydrogens (tertiary/aromatic N) is 2. The molecule has 0 spiro atoms. The van der Waals surface area contributed by atoms with Gasteiger partial charge in [0.15, 0.2) is 0 Å². The van der Waals surface area contributed by atoms with E-state index in [9.17, 15) is 18.0 Å². The van der Waals surface area contributed by atoms with Crippen molar-refractivity contribution in [3.63, 3.8) is 0 Å².